The Morgan fingerprint density at radius 1 is 1.22 bits per heavy atom. The van der Waals surface area contributed by atoms with E-state index in [4.69, 9.17) is 4.74 Å². The molecule has 122 valence electrons. The van der Waals surface area contributed by atoms with Crippen molar-refractivity contribution in [1.82, 2.24) is 9.97 Å². The molecule has 0 aliphatic rings. The molecule has 1 heterocycles. The van der Waals surface area contributed by atoms with Crippen molar-refractivity contribution in [2.24, 2.45) is 0 Å². The number of ether oxygens (including phenoxy) is 2. The van der Waals surface area contributed by atoms with Gasteiger partial charge in [-0.3, -0.25) is 4.79 Å². The summed E-state index contributed by atoms with van der Waals surface area (Å²) in [6.45, 7) is 2.16. The number of benzene rings is 1. The van der Waals surface area contributed by atoms with Gasteiger partial charge in [0.05, 0.1) is 6.61 Å². The van der Waals surface area contributed by atoms with Crippen LogP contribution in [0.5, 0.6) is 11.6 Å². The third kappa shape index (κ3) is 5.13. The van der Waals surface area contributed by atoms with E-state index in [1.165, 1.54) is 24.5 Å². The minimum Gasteiger partial charge on any atom is -0.478 e. The van der Waals surface area contributed by atoms with Gasteiger partial charge in [-0.05, 0) is 31.2 Å². The van der Waals surface area contributed by atoms with Gasteiger partial charge >= 0.3 is 6.36 Å². The van der Waals surface area contributed by atoms with Crippen molar-refractivity contribution in [3.8, 4) is 11.6 Å². The summed E-state index contributed by atoms with van der Waals surface area (Å²) in [5, 5.41) is 2.50. The van der Waals surface area contributed by atoms with Crippen LogP contribution in [0.3, 0.4) is 0 Å². The van der Waals surface area contributed by atoms with Crippen molar-refractivity contribution in [3.05, 3.63) is 42.4 Å². The largest absolute Gasteiger partial charge is 0.573 e. The maximum atomic E-state index is 12.1. The monoisotopic (exact) mass is 327 g/mol. The number of nitrogens with zero attached hydrogens (tertiary/aromatic N) is 2. The molecule has 0 aliphatic heterocycles. The lowest BCUT2D eigenvalue weighted by Gasteiger charge is -2.10. The Kier molecular flexibility index (Phi) is 4.99. The third-order valence-corrected chi connectivity index (χ3v) is 2.51. The van der Waals surface area contributed by atoms with Gasteiger partial charge < -0.3 is 14.8 Å². The van der Waals surface area contributed by atoms with Gasteiger partial charge in [0, 0.05) is 11.8 Å². The second kappa shape index (κ2) is 6.95. The molecule has 2 rings (SSSR count). The molecule has 0 radical (unpaired) electrons. The second-order valence-electron chi connectivity index (χ2n) is 4.20. The summed E-state index contributed by atoms with van der Waals surface area (Å²) in [6, 6.07) is 6.11. The number of carbonyl (C=O) groups is 1. The highest BCUT2D eigenvalue weighted by Crippen LogP contribution is 2.24. The zero-order valence-corrected chi connectivity index (χ0v) is 11.9. The average molecular weight is 327 g/mol. The molecule has 1 amide bonds. The van der Waals surface area contributed by atoms with Gasteiger partial charge in [0.2, 0.25) is 5.88 Å². The first-order valence-corrected chi connectivity index (χ1v) is 6.49. The van der Waals surface area contributed by atoms with E-state index < -0.39 is 12.3 Å². The lowest BCUT2D eigenvalue weighted by molar-refractivity contribution is -0.274. The highest BCUT2D eigenvalue weighted by Gasteiger charge is 2.30. The van der Waals surface area contributed by atoms with Gasteiger partial charge in [0.1, 0.15) is 17.8 Å². The van der Waals surface area contributed by atoms with Gasteiger partial charge in [-0.15, -0.1) is 13.2 Å². The van der Waals surface area contributed by atoms with Crippen molar-refractivity contribution in [2.45, 2.75) is 13.3 Å². The third-order valence-electron chi connectivity index (χ3n) is 2.51. The summed E-state index contributed by atoms with van der Waals surface area (Å²) < 4.78 is 45.1. The SMILES string of the molecule is CCOc1cc(C(=O)Nc2ccc(OC(F)(F)F)cc2)ncn1. The number of halogens is 3. The van der Waals surface area contributed by atoms with E-state index in [1.807, 2.05) is 0 Å². The number of amides is 1. The fraction of sp³-hybridized carbons (Fsp3) is 0.214. The van der Waals surface area contributed by atoms with E-state index in [0.717, 1.165) is 12.1 Å². The van der Waals surface area contributed by atoms with Crippen LogP contribution in [0.25, 0.3) is 0 Å². The topological polar surface area (TPSA) is 73.3 Å². The highest BCUT2D eigenvalue weighted by molar-refractivity contribution is 6.02. The van der Waals surface area contributed by atoms with Crippen molar-refractivity contribution in [3.63, 3.8) is 0 Å². The summed E-state index contributed by atoms with van der Waals surface area (Å²) in [5.41, 5.74) is 0.361. The number of aromatic nitrogens is 2. The Bertz CT molecular complexity index is 675. The van der Waals surface area contributed by atoms with Crippen LogP contribution in [-0.4, -0.2) is 28.8 Å². The van der Waals surface area contributed by atoms with Gasteiger partial charge in [0.25, 0.3) is 5.91 Å². The molecule has 9 heteroatoms. The first-order valence-electron chi connectivity index (χ1n) is 6.49. The van der Waals surface area contributed by atoms with Crippen LogP contribution in [0.4, 0.5) is 18.9 Å². The van der Waals surface area contributed by atoms with Gasteiger partial charge in [-0.1, -0.05) is 0 Å². The molecular formula is C14H12F3N3O3. The molecule has 0 unspecified atom stereocenters. The Labute approximate surface area is 129 Å². The fourth-order valence-electron chi connectivity index (χ4n) is 1.63. The molecule has 1 aromatic carbocycles. The van der Waals surface area contributed by atoms with E-state index in [0.29, 0.717) is 12.3 Å². The minimum atomic E-state index is -4.76. The number of hydrogen-bond acceptors (Lipinski definition) is 5. The predicted molar refractivity (Wildman–Crippen MR) is 74.3 cm³/mol. The molecule has 0 fully saturated rings. The van der Waals surface area contributed by atoms with Crippen LogP contribution in [0.1, 0.15) is 17.4 Å². The van der Waals surface area contributed by atoms with E-state index in [1.54, 1.807) is 6.92 Å². The van der Waals surface area contributed by atoms with Crippen LogP contribution in [0.2, 0.25) is 0 Å². The predicted octanol–water partition coefficient (Wildman–Crippen LogP) is 3.03. The summed E-state index contributed by atoms with van der Waals surface area (Å²) in [7, 11) is 0. The van der Waals surface area contributed by atoms with Crippen molar-refractivity contribution in [2.75, 3.05) is 11.9 Å². The molecule has 0 atom stereocenters. The summed E-state index contributed by atoms with van der Waals surface area (Å²) in [5.74, 6) is -0.671. The standard InChI is InChI=1S/C14H12F3N3O3/c1-2-22-12-7-11(18-8-19-12)13(21)20-9-3-5-10(6-4-9)23-14(15,16)17/h3-8H,2H2,1H3,(H,20,21). The normalized spacial score (nSPS) is 11.0. The Morgan fingerprint density at radius 3 is 2.52 bits per heavy atom. The smallest absolute Gasteiger partial charge is 0.478 e. The molecule has 2 aromatic rings. The first-order chi connectivity index (χ1) is 10.9. The van der Waals surface area contributed by atoms with Crippen LogP contribution >= 0.6 is 0 Å². The highest BCUT2D eigenvalue weighted by atomic mass is 19.4. The van der Waals surface area contributed by atoms with Crippen molar-refractivity contribution in [1.29, 1.82) is 0 Å². The van der Waals surface area contributed by atoms with Crippen LogP contribution in [0.15, 0.2) is 36.7 Å². The molecule has 0 saturated carbocycles. The zero-order chi connectivity index (χ0) is 16.9. The zero-order valence-electron chi connectivity index (χ0n) is 11.9. The molecular weight excluding hydrogens is 315 g/mol. The van der Waals surface area contributed by atoms with Crippen LogP contribution in [0, 0.1) is 0 Å². The maximum absolute atomic E-state index is 12.1. The van der Waals surface area contributed by atoms with Crippen LogP contribution in [-0.2, 0) is 0 Å². The molecule has 0 spiro atoms. The molecule has 6 nitrogen and oxygen atoms in total. The van der Waals surface area contributed by atoms with E-state index in [-0.39, 0.29) is 17.3 Å². The molecule has 0 saturated heterocycles. The second-order valence-corrected chi connectivity index (χ2v) is 4.20. The number of rotatable bonds is 5. The number of nitrogens with one attached hydrogen (secondary N) is 1. The Balaban J connectivity index is 2.04. The lowest BCUT2D eigenvalue weighted by Crippen LogP contribution is -2.17. The summed E-state index contributed by atoms with van der Waals surface area (Å²) >= 11 is 0. The molecule has 23 heavy (non-hydrogen) atoms. The average Bonchev–Trinajstić information content (AvgIpc) is 2.48. The molecule has 1 N–H and O–H groups in total. The summed E-state index contributed by atoms with van der Waals surface area (Å²) in [4.78, 5) is 19.7. The van der Waals surface area contributed by atoms with Gasteiger partial charge in [0.15, 0.2) is 0 Å². The number of carbonyl (C=O) groups excluding carboxylic acids is 1. The Hall–Kier alpha value is -2.84. The maximum Gasteiger partial charge on any atom is 0.573 e. The minimum absolute atomic E-state index is 0.0686. The van der Waals surface area contributed by atoms with E-state index in [2.05, 4.69) is 20.0 Å². The molecule has 1 aromatic heterocycles. The Morgan fingerprint density at radius 2 is 1.91 bits per heavy atom. The molecule has 0 bridgehead atoms. The van der Waals surface area contributed by atoms with E-state index >= 15 is 0 Å². The van der Waals surface area contributed by atoms with Crippen molar-refractivity contribution >= 4 is 11.6 Å². The quantitative estimate of drug-likeness (QED) is 0.914. The number of alkyl halides is 3. The van der Waals surface area contributed by atoms with E-state index in [9.17, 15) is 18.0 Å². The lowest BCUT2D eigenvalue weighted by atomic mass is 10.3. The molecule has 0 aliphatic carbocycles. The fourth-order valence-corrected chi connectivity index (χ4v) is 1.63. The number of hydrogen-bond donors (Lipinski definition) is 1. The van der Waals surface area contributed by atoms with Crippen LogP contribution < -0.4 is 14.8 Å². The van der Waals surface area contributed by atoms with Gasteiger partial charge in [-0.2, -0.15) is 0 Å². The van der Waals surface area contributed by atoms with Crippen molar-refractivity contribution < 1.29 is 27.4 Å². The first kappa shape index (κ1) is 16.5. The number of anilines is 1. The van der Waals surface area contributed by atoms with Gasteiger partial charge in [-0.25, -0.2) is 9.97 Å². The summed E-state index contributed by atoms with van der Waals surface area (Å²) in [6.07, 6.45) is -3.58.